The lowest BCUT2D eigenvalue weighted by Gasteiger charge is -2.38. The van der Waals surface area contributed by atoms with Crippen LogP contribution in [0, 0.1) is 19.7 Å². The summed E-state index contributed by atoms with van der Waals surface area (Å²) in [4.78, 5) is 42.4. The van der Waals surface area contributed by atoms with Crippen LogP contribution in [0.1, 0.15) is 46.7 Å². The number of fused-ring (bicyclic) bond motifs is 1. The van der Waals surface area contributed by atoms with Gasteiger partial charge in [0.15, 0.2) is 30.1 Å². The number of benzene rings is 1. The molecular formula is C28H35FN4O9. The first-order valence-corrected chi connectivity index (χ1v) is 13.5. The predicted molar refractivity (Wildman–Crippen MR) is 148 cm³/mol. The molecule has 2 amide bonds. The highest BCUT2D eigenvalue weighted by molar-refractivity contribution is 6.35. The summed E-state index contributed by atoms with van der Waals surface area (Å²) in [5.74, 6) is -3.90. The van der Waals surface area contributed by atoms with E-state index in [2.05, 4.69) is 25.3 Å². The number of anilines is 1. The fraction of sp³-hybridized carbons (Fsp3) is 0.464. The Kier molecular flexibility index (Phi) is 9.33. The number of nitrogens with zero attached hydrogens (tertiary/aromatic N) is 1. The molecule has 1 aromatic carbocycles. The monoisotopic (exact) mass is 590 g/mol. The molecule has 42 heavy (non-hydrogen) atoms. The van der Waals surface area contributed by atoms with Gasteiger partial charge in [0.2, 0.25) is 0 Å². The lowest BCUT2D eigenvalue weighted by Crippen LogP contribution is -2.61. The van der Waals surface area contributed by atoms with Gasteiger partial charge < -0.3 is 50.4 Å². The van der Waals surface area contributed by atoms with Crippen molar-refractivity contribution in [2.24, 2.45) is 0 Å². The van der Waals surface area contributed by atoms with Crippen molar-refractivity contribution in [3.05, 3.63) is 46.0 Å². The van der Waals surface area contributed by atoms with Gasteiger partial charge in [-0.05, 0) is 44.6 Å². The number of carboxylic acid groups (broad SMARTS) is 1. The van der Waals surface area contributed by atoms with Crippen LogP contribution in [0.3, 0.4) is 0 Å². The topological polar surface area (TPSA) is 194 Å². The van der Waals surface area contributed by atoms with Gasteiger partial charge >= 0.3 is 5.97 Å². The van der Waals surface area contributed by atoms with E-state index in [1.54, 1.807) is 13.8 Å². The first-order valence-electron chi connectivity index (χ1n) is 13.5. The van der Waals surface area contributed by atoms with Gasteiger partial charge in [0.05, 0.1) is 16.8 Å². The molecule has 5 atom stereocenters. The quantitative estimate of drug-likeness (QED) is 0.193. The van der Waals surface area contributed by atoms with E-state index in [0.717, 1.165) is 25.2 Å². The molecule has 5 unspecified atom stereocenters. The van der Waals surface area contributed by atoms with Gasteiger partial charge in [0.25, 0.3) is 11.8 Å². The number of hydrogen-bond donors (Lipinski definition) is 7. The van der Waals surface area contributed by atoms with E-state index in [1.165, 1.54) is 6.08 Å². The summed E-state index contributed by atoms with van der Waals surface area (Å²) in [5.41, 5.74) is 2.61. The number of carboxylic acids is 1. The molecule has 13 nitrogen and oxygen atoms in total. The Morgan fingerprint density at radius 3 is 2.50 bits per heavy atom. The highest BCUT2D eigenvalue weighted by Crippen LogP contribution is 2.39. The van der Waals surface area contributed by atoms with Crippen LogP contribution in [-0.2, 0) is 14.3 Å². The number of halogens is 1. The SMILES string of the molecule is CCN(CC)CCNC(=O)c1c(C)[nH]c(/C=C2\C(=O)Nc3cc(OC4C(O)C(O)OC(C(=O)O)C4O)c(F)cc32)c1C. The molecule has 4 rings (SSSR count). The maximum atomic E-state index is 15.2. The number of aliphatic carboxylic acids is 1. The molecule has 7 N–H and O–H groups in total. The Labute approximate surface area is 240 Å². The third-order valence-electron chi connectivity index (χ3n) is 7.52. The van der Waals surface area contributed by atoms with Gasteiger partial charge in [-0.1, -0.05) is 13.8 Å². The van der Waals surface area contributed by atoms with E-state index < -0.39 is 54.1 Å². The Morgan fingerprint density at radius 1 is 1.17 bits per heavy atom. The highest BCUT2D eigenvalue weighted by atomic mass is 19.1. The van der Waals surface area contributed by atoms with Gasteiger partial charge in [-0.2, -0.15) is 0 Å². The molecule has 14 heteroatoms. The van der Waals surface area contributed by atoms with E-state index in [1.807, 2.05) is 13.8 Å². The van der Waals surface area contributed by atoms with Crippen molar-refractivity contribution < 1.29 is 48.7 Å². The lowest BCUT2D eigenvalue weighted by molar-refractivity contribution is -0.275. The van der Waals surface area contributed by atoms with Crippen molar-refractivity contribution in [1.29, 1.82) is 0 Å². The second-order valence-corrected chi connectivity index (χ2v) is 10.1. The maximum absolute atomic E-state index is 15.2. The summed E-state index contributed by atoms with van der Waals surface area (Å²) in [5, 5.41) is 45.1. The number of carbonyl (C=O) groups is 3. The summed E-state index contributed by atoms with van der Waals surface area (Å²) >= 11 is 0. The molecule has 0 saturated carbocycles. The zero-order chi connectivity index (χ0) is 30.9. The molecular weight excluding hydrogens is 555 g/mol. The van der Waals surface area contributed by atoms with E-state index in [0.29, 0.717) is 35.6 Å². The maximum Gasteiger partial charge on any atom is 0.335 e. The highest BCUT2D eigenvalue weighted by Gasteiger charge is 2.49. The number of nitrogens with one attached hydrogen (secondary N) is 3. The van der Waals surface area contributed by atoms with Crippen LogP contribution in [0.15, 0.2) is 12.1 Å². The van der Waals surface area contributed by atoms with Gasteiger partial charge in [0.1, 0.15) is 12.2 Å². The number of hydrogen-bond acceptors (Lipinski definition) is 9. The number of likely N-dealkylation sites (N-methyl/N-ethyl adjacent to an activating group) is 1. The molecule has 2 aromatic rings. The third-order valence-corrected chi connectivity index (χ3v) is 7.52. The number of aliphatic hydroxyl groups excluding tert-OH is 3. The summed E-state index contributed by atoms with van der Waals surface area (Å²) < 4.78 is 25.3. The van der Waals surface area contributed by atoms with Crippen molar-refractivity contribution in [2.75, 3.05) is 31.5 Å². The molecule has 0 radical (unpaired) electrons. The van der Waals surface area contributed by atoms with Crippen LogP contribution >= 0.6 is 0 Å². The van der Waals surface area contributed by atoms with Gasteiger partial charge in [0, 0.05) is 36.1 Å². The number of aliphatic hydroxyl groups is 3. The summed E-state index contributed by atoms with van der Waals surface area (Å²) in [7, 11) is 0. The number of aromatic amines is 1. The van der Waals surface area contributed by atoms with E-state index in [-0.39, 0.29) is 22.7 Å². The number of carbonyl (C=O) groups excluding carboxylic acids is 2. The molecule has 0 spiro atoms. The third kappa shape index (κ3) is 6.03. The average Bonchev–Trinajstić information content (AvgIpc) is 3.39. The number of rotatable bonds is 10. The van der Waals surface area contributed by atoms with Crippen molar-refractivity contribution in [3.8, 4) is 5.75 Å². The molecule has 228 valence electrons. The Bertz CT molecular complexity index is 1400. The standard InChI is InChI=1S/C28H35FN4O9/c1-5-33(6-2)8-7-30-26(37)20-12(3)17(31-13(20)4)10-15-14-9-16(29)19(11-18(14)32-25(15)36)41-23-21(34)24(27(38)39)42-28(40)22(23)35/h9-11,21-24,28,31,34-35,40H,5-8H2,1-4H3,(H,30,37)(H,32,36)(H,38,39)/b15-10-. The van der Waals surface area contributed by atoms with E-state index >= 15 is 4.39 Å². The number of aromatic nitrogens is 1. The minimum atomic E-state index is -2.01. The van der Waals surface area contributed by atoms with Crippen molar-refractivity contribution in [2.45, 2.75) is 58.4 Å². The van der Waals surface area contributed by atoms with Crippen LogP contribution in [0.5, 0.6) is 5.75 Å². The molecule has 1 saturated heterocycles. The normalized spacial score (nSPS) is 24.5. The minimum Gasteiger partial charge on any atom is -0.482 e. The number of ether oxygens (including phenoxy) is 2. The molecule has 2 aliphatic rings. The van der Waals surface area contributed by atoms with Crippen molar-refractivity contribution in [3.63, 3.8) is 0 Å². The van der Waals surface area contributed by atoms with Gasteiger partial charge in [-0.3, -0.25) is 9.59 Å². The fourth-order valence-corrected chi connectivity index (χ4v) is 5.12. The number of amides is 2. The van der Waals surface area contributed by atoms with Gasteiger partial charge in [-0.15, -0.1) is 0 Å². The van der Waals surface area contributed by atoms with E-state index in [9.17, 15) is 34.8 Å². The largest absolute Gasteiger partial charge is 0.482 e. The molecule has 0 aliphatic carbocycles. The number of H-pyrrole nitrogens is 1. The molecule has 3 heterocycles. The van der Waals surface area contributed by atoms with Crippen LogP contribution in [-0.4, -0.2) is 105 Å². The Hall–Kier alpha value is -3.82. The number of aryl methyl sites for hydroxylation is 1. The van der Waals surface area contributed by atoms with Gasteiger partial charge in [-0.25, -0.2) is 9.18 Å². The van der Waals surface area contributed by atoms with Crippen LogP contribution in [0.25, 0.3) is 11.6 Å². The molecule has 1 aromatic heterocycles. The van der Waals surface area contributed by atoms with Crippen LogP contribution in [0.4, 0.5) is 10.1 Å². The zero-order valence-electron chi connectivity index (χ0n) is 23.6. The molecule has 0 bridgehead atoms. The average molecular weight is 591 g/mol. The Balaban J connectivity index is 1.57. The smallest absolute Gasteiger partial charge is 0.335 e. The molecule has 1 fully saturated rings. The minimum absolute atomic E-state index is 0.112. The van der Waals surface area contributed by atoms with Crippen LogP contribution < -0.4 is 15.4 Å². The fourth-order valence-electron chi connectivity index (χ4n) is 5.12. The zero-order valence-corrected chi connectivity index (χ0v) is 23.6. The second-order valence-electron chi connectivity index (χ2n) is 10.1. The summed E-state index contributed by atoms with van der Waals surface area (Å²) in [6.07, 6.45) is -8.02. The lowest BCUT2D eigenvalue weighted by atomic mass is 9.98. The second kappa shape index (κ2) is 12.6. The Morgan fingerprint density at radius 2 is 1.86 bits per heavy atom. The van der Waals surface area contributed by atoms with Crippen LogP contribution in [0.2, 0.25) is 0 Å². The summed E-state index contributed by atoms with van der Waals surface area (Å²) in [6, 6.07) is 2.14. The summed E-state index contributed by atoms with van der Waals surface area (Å²) in [6.45, 7) is 10.5. The van der Waals surface area contributed by atoms with Crippen molar-refractivity contribution >= 4 is 35.1 Å². The van der Waals surface area contributed by atoms with Crippen molar-refractivity contribution in [1.82, 2.24) is 15.2 Å². The first kappa shape index (κ1) is 31.1. The molecule has 2 aliphatic heterocycles. The predicted octanol–water partition coefficient (Wildman–Crippen LogP) is 0.606. The first-order chi connectivity index (χ1) is 19.9. The van der Waals surface area contributed by atoms with E-state index in [4.69, 9.17) is 4.74 Å².